The van der Waals surface area contributed by atoms with Crippen molar-refractivity contribution < 1.29 is 28.2 Å². The number of carbonyl (C=O) groups is 1. The Kier molecular flexibility index (Phi) is 9.89. The molecular formula is C10H19F2NO4. The zero-order valence-corrected chi connectivity index (χ0v) is 9.83. The number of ether oxygens (including phenoxy) is 2. The fourth-order valence-corrected chi connectivity index (χ4v) is 1.11. The van der Waals surface area contributed by atoms with Crippen LogP contribution in [0.4, 0.5) is 8.78 Å². The van der Waals surface area contributed by atoms with E-state index in [9.17, 15) is 13.6 Å². The molecule has 0 heterocycles. The molecule has 0 saturated carbocycles. The number of amides is 1. The third-order valence-electron chi connectivity index (χ3n) is 1.97. The van der Waals surface area contributed by atoms with Crippen LogP contribution in [0.2, 0.25) is 0 Å². The van der Waals surface area contributed by atoms with Gasteiger partial charge in [0.2, 0.25) is 5.91 Å². The second-order valence-corrected chi connectivity index (χ2v) is 3.44. The van der Waals surface area contributed by atoms with Crippen LogP contribution in [0.5, 0.6) is 0 Å². The van der Waals surface area contributed by atoms with Gasteiger partial charge < -0.3 is 19.9 Å². The van der Waals surface area contributed by atoms with Crippen molar-refractivity contribution in [2.75, 3.05) is 33.5 Å². The first-order chi connectivity index (χ1) is 8.10. The average molecular weight is 255 g/mol. The number of aliphatic hydroxyl groups excluding tert-OH is 1. The van der Waals surface area contributed by atoms with Crippen molar-refractivity contribution in [1.29, 1.82) is 0 Å². The molecule has 17 heavy (non-hydrogen) atoms. The largest absolute Gasteiger partial charge is 0.394 e. The molecule has 1 amide bonds. The monoisotopic (exact) mass is 255 g/mol. The van der Waals surface area contributed by atoms with E-state index in [2.05, 4.69) is 10.1 Å². The fraction of sp³-hybridized carbons (Fsp3) is 0.900. The summed E-state index contributed by atoms with van der Waals surface area (Å²) in [6.07, 6.45) is -2.03. The molecule has 0 aromatic heterocycles. The lowest BCUT2D eigenvalue weighted by Gasteiger charge is -2.15. The standard InChI is InChI=1S/C10H19F2NO4/c1-16-4-2-8(6-14)13-10(15)3-5-17-7-9(11)12/h8-9,14H,2-7H2,1H3,(H,13,15). The molecule has 0 saturated heterocycles. The summed E-state index contributed by atoms with van der Waals surface area (Å²) in [5.74, 6) is -0.339. The zero-order valence-electron chi connectivity index (χ0n) is 9.83. The molecule has 0 aliphatic carbocycles. The molecule has 0 aromatic carbocycles. The molecule has 0 radical (unpaired) electrons. The van der Waals surface area contributed by atoms with Gasteiger partial charge in [-0.15, -0.1) is 0 Å². The van der Waals surface area contributed by atoms with Crippen LogP contribution >= 0.6 is 0 Å². The van der Waals surface area contributed by atoms with Crippen molar-refractivity contribution in [2.24, 2.45) is 0 Å². The highest BCUT2D eigenvalue weighted by atomic mass is 19.3. The molecule has 0 bridgehead atoms. The highest BCUT2D eigenvalue weighted by molar-refractivity contribution is 5.76. The Balaban J connectivity index is 3.60. The number of hydrogen-bond acceptors (Lipinski definition) is 4. The summed E-state index contributed by atoms with van der Waals surface area (Å²) in [5.41, 5.74) is 0. The second kappa shape index (κ2) is 10.4. The average Bonchev–Trinajstić information content (AvgIpc) is 2.29. The molecule has 0 aliphatic heterocycles. The molecule has 0 aromatic rings. The predicted molar refractivity (Wildman–Crippen MR) is 56.9 cm³/mol. The van der Waals surface area contributed by atoms with E-state index in [4.69, 9.17) is 9.84 Å². The molecule has 102 valence electrons. The number of nitrogens with one attached hydrogen (secondary N) is 1. The first-order valence-electron chi connectivity index (χ1n) is 5.35. The van der Waals surface area contributed by atoms with Gasteiger partial charge in [0, 0.05) is 20.1 Å². The molecule has 1 atom stereocenters. The summed E-state index contributed by atoms with van der Waals surface area (Å²) in [6.45, 7) is -0.487. The molecular weight excluding hydrogens is 236 g/mol. The van der Waals surface area contributed by atoms with Crippen molar-refractivity contribution >= 4 is 5.91 Å². The Morgan fingerprint density at radius 1 is 1.41 bits per heavy atom. The number of methoxy groups -OCH3 is 1. The first kappa shape index (κ1) is 16.2. The zero-order chi connectivity index (χ0) is 13.1. The number of aliphatic hydroxyl groups is 1. The molecule has 5 nitrogen and oxygen atoms in total. The lowest BCUT2D eigenvalue weighted by molar-refractivity contribution is -0.123. The summed E-state index contributed by atoms with van der Waals surface area (Å²) in [4.78, 5) is 11.3. The summed E-state index contributed by atoms with van der Waals surface area (Å²) in [6, 6.07) is -0.377. The Morgan fingerprint density at radius 3 is 2.65 bits per heavy atom. The van der Waals surface area contributed by atoms with E-state index < -0.39 is 13.0 Å². The van der Waals surface area contributed by atoms with Crippen molar-refractivity contribution in [3.8, 4) is 0 Å². The normalized spacial score (nSPS) is 12.8. The van der Waals surface area contributed by atoms with Crippen molar-refractivity contribution in [1.82, 2.24) is 5.32 Å². The molecule has 2 N–H and O–H groups in total. The summed E-state index contributed by atoms with van der Waals surface area (Å²) >= 11 is 0. The van der Waals surface area contributed by atoms with Gasteiger partial charge in [-0.25, -0.2) is 8.78 Å². The van der Waals surface area contributed by atoms with Gasteiger partial charge >= 0.3 is 0 Å². The number of alkyl halides is 2. The number of hydrogen-bond donors (Lipinski definition) is 2. The Morgan fingerprint density at radius 2 is 2.12 bits per heavy atom. The van der Waals surface area contributed by atoms with Gasteiger partial charge in [-0.3, -0.25) is 4.79 Å². The lowest BCUT2D eigenvalue weighted by atomic mass is 10.2. The fourth-order valence-electron chi connectivity index (χ4n) is 1.11. The molecule has 7 heteroatoms. The van der Waals surface area contributed by atoms with E-state index in [1.807, 2.05) is 0 Å². The minimum atomic E-state index is -2.52. The SMILES string of the molecule is COCCC(CO)NC(=O)CCOCC(F)F. The minimum Gasteiger partial charge on any atom is -0.394 e. The van der Waals surface area contributed by atoms with Crippen LogP contribution < -0.4 is 5.32 Å². The van der Waals surface area contributed by atoms with Gasteiger partial charge in [-0.2, -0.15) is 0 Å². The highest BCUT2D eigenvalue weighted by Gasteiger charge is 2.11. The van der Waals surface area contributed by atoms with Gasteiger partial charge in [0.15, 0.2) is 0 Å². The third kappa shape index (κ3) is 10.1. The van der Waals surface area contributed by atoms with Crippen molar-refractivity contribution in [3.05, 3.63) is 0 Å². The van der Waals surface area contributed by atoms with E-state index >= 15 is 0 Å². The second-order valence-electron chi connectivity index (χ2n) is 3.44. The summed E-state index contributed by atoms with van der Waals surface area (Å²) in [5, 5.41) is 11.5. The number of halogens is 2. The Bertz CT molecular complexity index is 205. The van der Waals surface area contributed by atoms with E-state index in [0.29, 0.717) is 13.0 Å². The maximum absolute atomic E-state index is 11.7. The van der Waals surface area contributed by atoms with E-state index in [0.717, 1.165) is 0 Å². The van der Waals surface area contributed by atoms with Gasteiger partial charge in [0.05, 0.1) is 19.3 Å². The van der Waals surface area contributed by atoms with Crippen LogP contribution in [0, 0.1) is 0 Å². The minimum absolute atomic E-state index is 0.00377. The van der Waals surface area contributed by atoms with E-state index in [-0.39, 0.29) is 31.6 Å². The molecule has 0 spiro atoms. The lowest BCUT2D eigenvalue weighted by Crippen LogP contribution is -2.38. The van der Waals surface area contributed by atoms with Crippen LogP contribution in [-0.2, 0) is 14.3 Å². The highest BCUT2D eigenvalue weighted by Crippen LogP contribution is 1.95. The molecule has 0 aliphatic rings. The van der Waals surface area contributed by atoms with Crippen LogP contribution in [0.15, 0.2) is 0 Å². The van der Waals surface area contributed by atoms with Crippen LogP contribution in [0.25, 0.3) is 0 Å². The first-order valence-corrected chi connectivity index (χ1v) is 5.35. The van der Waals surface area contributed by atoms with E-state index in [1.165, 1.54) is 7.11 Å². The van der Waals surface area contributed by atoms with Crippen molar-refractivity contribution in [3.63, 3.8) is 0 Å². The summed E-state index contributed by atoms with van der Waals surface area (Å²) < 4.78 is 32.8. The maximum Gasteiger partial charge on any atom is 0.261 e. The number of rotatable bonds is 10. The third-order valence-corrected chi connectivity index (χ3v) is 1.97. The summed E-state index contributed by atoms with van der Waals surface area (Å²) in [7, 11) is 1.52. The number of carbonyl (C=O) groups excluding carboxylic acids is 1. The van der Waals surface area contributed by atoms with Crippen LogP contribution in [-0.4, -0.2) is 57.0 Å². The van der Waals surface area contributed by atoms with Crippen molar-refractivity contribution in [2.45, 2.75) is 25.3 Å². The molecule has 1 unspecified atom stereocenters. The maximum atomic E-state index is 11.7. The quantitative estimate of drug-likeness (QED) is 0.546. The van der Waals surface area contributed by atoms with Gasteiger partial charge in [-0.1, -0.05) is 0 Å². The Hall–Kier alpha value is -0.790. The predicted octanol–water partition coefficient (Wildman–Crippen LogP) is 0.172. The molecule has 0 rings (SSSR count). The molecule has 0 fully saturated rings. The van der Waals surface area contributed by atoms with E-state index in [1.54, 1.807) is 0 Å². The van der Waals surface area contributed by atoms with Gasteiger partial charge in [-0.05, 0) is 6.42 Å². The topological polar surface area (TPSA) is 67.8 Å². The van der Waals surface area contributed by atoms with Crippen LogP contribution in [0.3, 0.4) is 0 Å². The smallest absolute Gasteiger partial charge is 0.261 e. The Labute approximate surface area is 99.1 Å². The van der Waals surface area contributed by atoms with Gasteiger partial charge in [0.25, 0.3) is 6.43 Å². The van der Waals surface area contributed by atoms with Crippen LogP contribution in [0.1, 0.15) is 12.8 Å². The van der Waals surface area contributed by atoms with Gasteiger partial charge in [0.1, 0.15) is 6.61 Å².